The topological polar surface area (TPSA) is 71.3 Å². The van der Waals surface area contributed by atoms with E-state index in [4.69, 9.17) is 16.0 Å². The number of benzene rings is 2. The van der Waals surface area contributed by atoms with Crippen LogP contribution in [0.3, 0.4) is 0 Å². The van der Waals surface area contributed by atoms with Gasteiger partial charge in [0.25, 0.3) is 5.91 Å². The van der Waals surface area contributed by atoms with Crippen molar-refractivity contribution in [3.8, 4) is 0 Å². The molecule has 7 heteroatoms. The first-order chi connectivity index (χ1) is 11.0. The maximum absolute atomic E-state index is 12.2. The zero-order valence-electron chi connectivity index (χ0n) is 11.6. The number of hydrazine groups is 1. The van der Waals surface area contributed by atoms with Crippen LogP contribution < -0.4 is 16.5 Å². The molecule has 3 aromatic rings. The summed E-state index contributed by atoms with van der Waals surface area (Å²) in [5.74, 6) is -0.597. The van der Waals surface area contributed by atoms with Gasteiger partial charge in [-0.2, -0.15) is 0 Å². The van der Waals surface area contributed by atoms with E-state index in [0.29, 0.717) is 16.1 Å². The van der Waals surface area contributed by atoms with Crippen molar-refractivity contribution >= 4 is 50.1 Å². The zero-order valence-corrected chi connectivity index (χ0v) is 13.9. The fraction of sp³-hybridized carbons (Fsp3) is 0. The van der Waals surface area contributed by atoms with Crippen LogP contribution in [0.15, 0.2) is 62.2 Å². The number of halogens is 2. The summed E-state index contributed by atoms with van der Waals surface area (Å²) in [5.41, 5.74) is 5.25. The van der Waals surface area contributed by atoms with Crippen molar-refractivity contribution in [1.82, 2.24) is 5.43 Å². The van der Waals surface area contributed by atoms with E-state index < -0.39 is 11.5 Å². The van der Waals surface area contributed by atoms with Gasteiger partial charge in [0.05, 0.1) is 10.7 Å². The second-order valence-electron chi connectivity index (χ2n) is 4.70. The molecule has 0 atom stereocenters. The molecule has 0 spiro atoms. The average molecular weight is 394 g/mol. The van der Waals surface area contributed by atoms with Crippen LogP contribution in [0.4, 0.5) is 5.69 Å². The molecule has 23 heavy (non-hydrogen) atoms. The van der Waals surface area contributed by atoms with Crippen LogP contribution in [0.1, 0.15) is 10.4 Å². The molecule has 0 unspecified atom stereocenters. The molecule has 3 rings (SSSR count). The minimum Gasteiger partial charge on any atom is -0.421 e. The number of para-hydroxylation sites is 1. The first-order valence-corrected chi connectivity index (χ1v) is 7.76. The molecule has 2 N–H and O–H groups in total. The fourth-order valence-corrected chi connectivity index (χ4v) is 2.91. The molecule has 5 nitrogen and oxygen atoms in total. The lowest BCUT2D eigenvalue weighted by Gasteiger charge is -2.08. The molecule has 0 aliphatic rings. The number of carbonyl (C=O) groups is 1. The third-order valence-electron chi connectivity index (χ3n) is 3.09. The number of hydrogen-bond donors (Lipinski definition) is 2. The Morgan fingerprint density at radius 2 is 1.87 bits per heavy atom. The monoisotopic (exact) mass is 392 g/mol. The first-order valence-electron chi connectivity index (χ1n) is 6.59. The molecule has 0 radical (unpaired) electrons. The predicted octanol–water partition coefficient (Wildman–Crippen LogP) is 3.97. The molecule has 0 saturated heterocycles. The number of carbonyl (C=O) groups excluding carboxylic acids is 1. The summed E-state index contributed by atoms with van der Waals surface area (Å²) in [6, 6.07) is 13.8. The van der Waals surface area contributed by atoms with E-state index in [-0.39, 0.29) is 11.1 Å². The van der Waals surface area contributed by atoms with Crippen LogP contribution in [-0.4, -0.2) is 5.91 Å². The second kappa shape index (κ2) is 6.44. The predicted molar refractivity (Wildman–Crippen MR) is 92.7 cm³/mol. The summed E-state index contributed by atoms with van der Waals surface area (Å²) < 4.78 is 5.87. The van der Waals surface area contributed by atoms with Gasteiger partial charge in [0.15, 0.2) is 5.58 Å². The van der Waals surface area contributed by atoms with Crippen LogP contribution in [0.25, 0.3) is 11.0 Å². The minimum atomic E-state index is -0.755. The van der Waals surface area contributed by atoms with E-state index in [1.54, 1.807) is 24.3 Å². The van der Waals surface area contributed by atoms with E-state index in [2.05, 4.69) is 26.8 Å². The summed E-state index contributed by atoms with van der Waals surface area (Å²) in [6.45, 7) is 0. The van der Waals surface area contributed by atoms with E-state index in [1.807, 2.05) is 18.2 Å². The molecule has 1 aromatic heterocycles. The molecular weight excluding hydrogens is 384 g/mol. The highest BCUT2D eigenvalue weighted by Crippen LogP contribution is 2.27. The van der Waals surface area contributed by atoms with Gasteiger partial charge in [-0.3, -0.25) is 15.6 Å². The molecule has 1 heterocycles. The van der Waals surface area contributed by atoms with E-state index >= 15 is 0 Å². The number of amides is 1. The van der Waals surface area contributed by atoms with Crippen LogP contribution in [0.2, 0.25) is 5.02 Å². The highest BCUT2D eigenvalue weighted by Gasteiger charge is 2.15. The number of hydrogen-bond acceptors (Lipinski definition) is 4. The van der Waals surface area contributed by atoms with Gasteiger partial charge in [-0.05, 0) is 30.3 Å². The van der Waals surface area contributed by atoms with Crippen molar-refractivity contribution in [1.29, 1.82) is 0 Å². The van der Waals surface area contributed by atoms with Gasteiger partial charge in [0.1, 0.15) is 5.56 Å². The van der Waals surface area contributed by atoms with Crippen LogP contribution in [0.5, 0.6) is 0 Å². The van der Waals surface area contributed by atoms with Crippen molar-refractivity contribution in [3.63, 3.8) is 0 Å². The SMILES string of the molecule is O=C(NNc1ccccc1)c1cc2cc(Br)cc(Cl)c2oc1=O. The summed E-state index contributed by atoms with van der Waals surface area (Å²) in [4.78, 5) is 24.2. The smallest absolute Gasteiger partial charge is 0.349 e. The van der Waals surface area contributed by atoms with Gasteiger partial charge >= 0.3 is 5.63 Å². The number of nitrogens with one attached hydrogen (secondary N) is 2. The first kappa shape index (κ1) is 15.6. The molecule has 0 saturated carbocycles. The van der Waals surface area contributed by atoms with Crippen LogP contribution in [0, 0.1) is 0 Å². The van der Waals surface area contributed by atoms with Crippen molar-refractivity contribution in [2.45, 2.75) is 0 Å². The van der Waals surface area contributed by atoms with Gasteiger partial charge in [0, 0.05) is 9.86 Å². The Bertz CT molecular complexity index is 941. The Morgan fingerprint density at radius 3 is 2.61 bits per heavy atom. The van der Waals surface area contributed by atoms with E-state index in [0.717, 1.165) is 4.47 Å². The van der Waals surface area contributed by atoms with Crippen molar-refractivity contribution < 1.29 is 9.21 Å². The van der Waals surface area contributed by atoms with E-state index in [9.17, 15) is 9.59 Å². The molecule has 2 aromatic carbocycles. The summed E-state index contributed by atoms with van der Waals surface area (Å²) in [6.07, 6.45) is 0. The molecule has 1 amide bonds. The fourth-order valence-electron chi connectivity index (χ4n) is 2.03. The van der Waals surface area contributed by atoms with Gasteiger partial charge < -0.3 is 4.42 Å². The molecular formula is C16H10BrClN2O3. The Labute approximate surface area is 144 Å². The molecule has 0 aliphatic carbocycles. The Morgan fingerprint density at radius 1 is 1.13 bits per heavy atom. The Balaban J connectivity index is 1.91. The quantitative estimate of drug-likeness (QED) is 0.522. The van der Waals surface area contributed by atoms with Crippen molar-refractivity contribution in [2.75, 3.05) is 5.43 Å². The number of rotatable bonds is 3. The van der Waals surface area contributed by atoms with Gasteiger partial charge in [-0.15, -0.1) is 0 Å². The van der Waals surface area contributed by atoms with Gasteiger partial charge in [0.2, 0.25) is 0 Å². The average Bonchev–Trinajstić information content (AvgIpc) is 2.54. The third-order valence-corrected chi connectivity index (χ3v) is 3.83. The standard InChI is InChI=1S/C16H10BrClN2O3/c17-10-6-9-7-12(16(22)23-14(9)13(18)8-10)15(21)20-19-11-4-2-1-3-5-11/h1-8,19H,(H,20,21). The Hall–Kier alpha value is -2.31. The third kappa shape index (κ3) is 3.38. The largest absolute Gasteiger partial charge is 0.421 e. The lowest BCUT2D eigenvalue weighted by atomic mass is 10.2. The van der Waals surface area contributed by atoms with E-state index in [1.165, 1.54) is 6.07 Å². The maximum atomic E-state index is 12.2. The lowest BCUT2D eigenvalue weighted by molar-refractivity contribution is 0.0959. The summed E-state index contributed by atoms with van der Waals surface area (Å²) in [7, 11) is 0. The molecule has 116 valence electrons. The highest BCUT2D eigenvalue weighted by atomic mass is 79.9. The normalized spacial score (nSPS) is 10.5. The Kier molecular flexibility index (Phi) is 4.36. The number of fused-ring (bicyclic) bond motifs is 1. The number of anilines is 1. The molecule has 0 aliphatic heterocycles. The van der Waals surface area contributed by atoms with Crippen LogP contribution >= 0.6 is 27.5 Å². The molecule has 0 fully saturated rings. The minimum absolute atomic E-state index is 0.116. The van der Waals surface area contributed by atoms with Crippen molar-refractivity contribution in [2.24, 2.45) is 0 Å². The van der Waals surface area contributed by atoms with Crippen LogP contribution in [-0.2, 0) is 0 Å². The van der Waals surface area contributed by atoms with Crippen molar-refractivity contribution in [3.05, 3.63) is 74.0 Å². The zero-order chi connectivity index (χ0) is 16.4. The second-order valence-corrected chi connectivity index (χ2v) is 6.02. The lowest BCUT2D eigenvalue weighted by Crippen LogP contribution is -2.32. The summed E-state index contributed by atoms with van der Waals surface area (Å²) >= 11 is 9.34. The van der Waals surface area contributed by atoms with Gasteiger partial charge in [-0.25, -0.2) is 4.79 Å². The van der Waals surface area contributed by atoms with Gasteiger partial charge in [-0.1, -0.05) is 45.7 Å². The summed E-state index contributed by atoms with van der Waals surface area (Å²) in [5, 5.41) is 0.842. The maximum Gasteiger partial charge on any atom is 0.349 e. The molecule has 0 bridgehead atoms. The highest BCUT2D eigenvalue weighted by molar-refractivity contribution is 9.10.